The molecule has 0 spiro atoms. The Morgan fingerprint density at radius 2 is 1.58 bits per heavy atom. The molecule has 3 rings (SSSR count). The Hall–Kier alpha value is -0.671. The standard InChI is InChI=1S/C9H8N3O.C5H5.Fe/c13-9(8-3-1-2-4-8)5-12-7-10-6-11-12;1-2-4-5-3-1;/h1-4,6-7H,5H2;1-5H;/q;;+2. The van der Waals surface area contributed by atoms with Crippen molar-refractivity contribution in [3.8, 4) is 0 Å². The van der Waals surface area contributed by atoms with Crippen molar-refractivity contribution in [3.63, 3.8) is 0 Å². The van der Waals surface area contributed by atoms with E-state index in [1.165, 1.54) is 17.3 Å². The summed E-state index contributed by atoms with van der Waals surface area (Å²) in [5.74, 6) is 0.769. The number of carbonyl (C=O) groups is 1. The molecular weight excluding hydrogens is 282 g/mol. The first-order valence-electron chi connectivity index (χ1n) is 5.60. The predicted octanol–water partition coefficient (Wildman–Crippen LogP) is 1.27. The topological polar surface area (TPSA) is 47.8 Å². The molecule has 19 heavy (non-hydrogen) atoms. The zero-order valence-electron chi connectivity index (χ0n) is 10.2. The smallest absolute Gasteiger partial charge is 0.297 e. The van der Waals surface area contributed by atoms with Crippen LogP contribution < -0.4 is 0 Å². The van der Waals surface area contributed by atoms with Gasteiger partial charge in [0.1, 0.15) is 19.2 Å². The van der Waals surface area contributed by atoms with Gasteiger partial charge in [0.25, 0.3) is 0 Å². The molecule has 0 N–H and O–H groups in total. The molecule has 0 saturated heterocycles. The van der Waals surface area contributed by atoms with Crippen molar-refractivity contribution in [2.45, 2.75) is 6.54 Å². The third-order valence-corrected chi connectivity index (χ3v) is 2.31. The van der Waals surface area contributed by atoms with Gasteiger partial charge in [0.2, 0.25) is 0 Å². The fourth-order valence-electron chi connectivity index (χ4n) is 1.43. The summed E-state index contributed by atoms with van der Waals surface area (Å²) < 4.78 is 1.51. The number of hydrogen-bond acceptors (Lipinski definition) is 3. The van der Waals surface area contributed by atoms with Gasteiger partial charge < -0.3 is 0 Å². The van der Waals surface area contributed by atoms with Crippen LogP contribution >= 0.6 is 0 Å². The van der Waals surface area contributed by atoms with Crippen molar-refractivity contribution in [1.82, 2.24) is 14.8 Å². The van der Waals surface area contributed by atoms with Gasteiger partial charge in [-0.2, -0.15) is 5.10 Å². The maximum absolute atomic E-state index is 11.5. The fourth-order valence-corrected chi connectivity index (χ4v) is 1.43. The van der Waals surface area contributed by atoms with Crippen LogP contribution in [0.2, 0.25) is 0 Å². The average molecular weight is 295 g/mol. The van der Waals surface area contributed by atoms with Crippen molar-refractivity contribution in [3.05, 3.63) is 76.4 Å². The van der Waals surface area contributed by atoms with Gasteiger partial charge in [0.05, 0.1) is 5.92 Å². The van der Waals surface area contributed by atoms with Gasteiger partial charge in [-0.15, -0.1) is 0 Å². The van der Waals surface area contributed by atoms with Crippen LogP contribution in [-0.2, 0) is 28.4 Å². The Kier molecular flexibility index (Phi) is 7.99. The van der Waals surface area contributed by atoms with E-state index in [1.807, 2.05) is 44.9 Å². The number of rotatable bonds is 3. The minimum Gasteiger partial charge on any atom is -0.297 e. The van der Waals surface area contributed by atoms with Gasteiger partial charge in [-0.05, 0) is 57.8 Å². The predicted molar refractivity (Wildman–Crippen MR) is 67.0 cm³/mol. The Balaban J connectivity index is 0.000000256. The zero-order chi connectivity index (χ0) is 12.6. The fraction of sp³-hybridized carbons (Fsp3) is 0.0714. The minimum absolute atomic E-state index is 0. The van der Waals surface area contributed by atoms with Crippen LogP contribution in [0.15, 0.2) is 12.7 Å². The molecule has 4 nitrogen and oxygen atoms in total. The molecule has 0 bridgehead atoms. The number of nitrogens with zero attached hydrogens (tertiary/aromatic N) is 3. The molecule has 1 heterocycles. The summed E-state index contributed by atoms with van der Waals surface area (Å²) in [5.41, 5.74) is 0. The average Bonchev–Trinajstić information content (AvgIpc) is 3.15. The Labute approximate surface area is 125 Å². The largest absolute Gasteiger partial charge is 2.00 e. The number of carbonyl (C=O) groups excluding carboxylic acids is 1. The normalized spacial score (nSPS) is 18.5. The molecule has 5 heteroatoms. The van der Waals surface area contributed by atoms with Crippen LogP contribution in [0.1, 0.15) is 0 Å². The van der Waals surface area contributed by atoms with E-state index in [0.717, 1.165) is 5.92 Å². The van der Waals surface area contributed by atoms with Crippen LogP contribution in [0.25, 0.3) is 0 Å². The van der Waals surface area contributed by atoms with Crippen LogP contribution in [0, 0.1) is 63.7 Å². The van der Waals surface area contributed by atoms with Crippen molar-refractivity contribution in [2.24, 2.45) is 0 Å². The van der Waals surface area contributed by atoms with E-state index in [0.29, 0.717) is 0 Å². The first-order valence-corrected chi connectivity index (χ1v) is 5.60. The Morgan fingerprint density at radius 3 is 2.05 bits per heavy atom. The summed E-state index contributed by atoms with van der Waals surface area (Å²) in [6.07, 6.45) is 20.2. The molecule has 2 aliphatic rings. The van der Waals surface area contributed by atoms with Crippen LogP contribution in [0.5, 0.6) is 0 Å². The first-order chi connectivity index (χ1) is 8.86. The molecule has 2 saturated carbocycles. The van der Waals surface area contributed by atoms with Crippen molar-refractivity contribution < 1.29 is 21.9 Å². The quantitative estimate of drug-likeness (QED) is 0.789. The third-order valence-electron chi connectivity index (χ3n) is 2.31. The number of Topliss-reactive ketones (excluding diaryl/α,β-unsaturated/α-hetero) is 1. The molecule has 0 atom stereocenters. The second-order valence-electron chi connectivity index (χ2n) is 3.65. The molecule has 1 aromatic rings. The number of hydrogen-bond donors (Lipinski definition) is 0. The van der Waals surface area contributed by atoms with E-state index in [2.05, 4.69) is 10.1 Å². The molecule has 0 amide bonds. The van der Waals surface area contributed by atoms with E-state index < -0.39 is 0 Å². The first kappa shape index (κ1) is 16.4. The summed E-state index contributed by atoms with van der Waals surface area (Å²) in [5, 5.41) is 3.85. The monoisotopic (exact) mass is 295 g/mol. The molecule has 0 aromatic carbocycles. The Morgan fingerprint density at radius 1 is 1.00 bits per heavy atom. The van der Waals surface area contributed by atoms with Crippen molar-refractivity contribution in [2.75, 3.05) is 0 Å². The van der Waals surface area contributed by atoms with E-state index in [-0.39, 0.29) is 29.4 Å². The Bertz CT molecular complexity index is 336. The SMILES string of the molecule is O=C(Cn1cncn1)[C]1[CH][CH][CH][CH]1.[CH]1[CH][CH][CH][CH]1.[Fe+2]. The maximum Gasteiger partial charge on any atom is 2.00 e. The van der Waals surface area contributed by atoms with E-state index in [1.54, 1.807) is 12.8 Å². The molecule has 96 valence electrons. The third kappa shape index (κ3) is 5.87. The molecule has 2 aliphatic carbocycles. The van der Waals surface area contributed by atoms with Gasteiger partial charge >= 0.3 is 17.1 Å². The maximum atomic E-state index is 11.5. The summed E-state index contributed by atoms with van der Waals surface area (Å²) >= 11 is 0. The summed E-state index contributed by atoms with van der Waals surface area (Å²) in [6.45, 7) is 0.254. The van der Waals surface area contributed by atoms with Crippen LogP contribution in [0.4, 0.5) is 0 Å². The van der Waals surface area contributed by atoms with E-state index in [4.69, 9.17) is 0 Å². The number of ketones is 1. The van der Waals surface area contributed by atoms with Gasteiger partial charge in [-0.1, -0.05) is 0 Å². The second kappa shape index (κ2) is 9.27. The summed E-state index contributed by atoms with van der Waals surface area (Å²) in [4.78, 5) is 15.2. The summed E-state index contributed by atoms with van der Waals surface area (Å²) in [7, 11) is 0. The molecule has 0 aliphatic heterocycles. The molecule has 2 fully saturated rings. The molecule has 1 aromatic heterocycles. The zero-order valence-corrected chi connectivity index (χ0v) is 11.3. The van der Waals surface area contributed by atoms with E-state index in [9.17, 15) is 4.79 Å². The molecular formula is C14H13FeN3O+2. The van der Waals surface area contributed by atoms with E-state index >= 15 is 0 Å². The minimum atomic E-state index is 0. The number of aromatic nitrogens is 3. The van der Waals surface area contributed by atoms with Crippen molar-refractivity contribution >= 4 is 5.78 Å². The molecule has 10 radical (unpaired) electrons. The second-order valence-corrected chi connectivity index (χ2v) is 3.65. The van der Waals surface area contributed by atoms with Crippen LogP contribution in [0.3, 0.4) is 0 Å². The van der Waals surface area contributed by atoms with Gasteiger partial charge in [-0.3, -0.25) is 4.79 Å². The van der Waals surface area contributed by atoms with Gasteiger partial charge in [-0.25, -0.2) is 9.67 Å². The van der Waals surface area contributed by atoms with Gasteiger partial charge in [0.15, 0.2) is 5.78 Å². The van der Waals surface area contributed by atoms with Gasteiger partial charge in [0, 0.05) is 0 Å². The van der Waals surface area contributed by atoms with Crippen molar-refractivity contribution in [1.29, 1.82) is 0 Å². The molecule has 0 unspecified atom stereocenters. The summed E-state index contributed by atoms with van der Waals surface area (Å²) in [6, 6.07) is 0. The van der Waals surface area contributed by atoms with Crippen LogP contribution in [-0.4, -0.2) is 20.5 Å².